The van der Waals surface area contributed by atoms with Gasteiger partial charge in [0.1, 0.15) is 12.4 Å². The highest BCUT2D eigenvalue weighted by molar-refractivity contribution is 6.34. The largest absolute Gasteiger partial charge is 0.492 e. The minimum Gasteiger partial charge on any atom is -0.492 e. The molecular formula is C11H16Cl3NO. The summed E-state index contributed by atoms with van der Waals surface area (Å²) in [4.78, 5) is 0. The van der Waals surface area contributed by atoms with E-state index in [0.29, 0.717) is 28.4 Å². The van der Waals surface area contributed by atoms with Crippen LogP contribution in [0.5, 0.6) is 5.75 Å². The molecular weight excluding hydrogens is 268 g/mol. The third-order valence-corrected chi connectivity index (χ3v) is 2.20. The molecule has 92 valence electrons. The van der Waals surface area contributed by atoms with Crippen molar-refractivity contribution in [3.05, 3.63) is 28.2 Å². The Morgan fingerprint density at radius 3 is 2.25 bits per heavy atom. The Morgan fingerprint density at radius 2 is 1.75 bits per heavy atom. The second kappa shape index (κ2) is 8.02. The molecule has 0 aromatic heterocycles. The predicted octanol–water partition coefficient (Wildman–Crippen LogP) is 3.79. The van der Waals surface area contributed by atoms with E-state index in [1.54, 1.807) is 18.2 Å². The maximum absolute atomic E-state index is 5.83. The Kier molecular flexibility index (Phi) is 7.94. The van der Waals surface area contributed by atoms with Crippen LogP contribution in [0, 0.1) is 0 Å². The molecule has 0 saturated carbocycles. The average Bonchev–Trinajstić information content (AvgIpc) is 2.10. The lowest BCUT2D eigenvalue weighted by atomic mass is 10.3. The Balaban J connectivity index is 0.00000225. The van der Waals surface area contributed by atoms with Gasteiger partial charge in [-0.05, 0) is 18.2 Å². The van der Waals surface area contributed by atoms with Gasteiger partial charge in [0.05, 0.1) is 0 Å². The van der Waals surface area contributed by atoms with Crippen LogP contribution in [0.1, 0.15) is 13.8 Å². The summed E-state index contributed by atoms with van der Waals surface area (Å²) in [6, 6.07) is 5.66. The van der Waals surface area contributed by atoms with Gasteiger partial charge in [-0.1, -0.05) is 37.0 Å². The van der Waals surface area contributed by atoms with Gasteiger partial charge in [-0.25, -0.2) is 0 Å². The summed E-state index contributed by atoms with van der Waals surface area (Å²) in [7, 11) is 0. The van der Waals surface area contributed by atoms with Crippen molar-refractivity contribution in [2.24, 2.45) is 0 Å². The van der Waals surface area contributed by atoms with Gasteiger partial charge in [0.15, 0.2) is 0 Å². The Morgan fingerprint density at radius 1 is 1.19 bits per heavy atom. The quantitative estimate of drug-likeness (QED) is 0.831. The summed E-state index contributed by atoms with van der Waals surface area (Å²) in [6.07, 6.45) is 0. The van der Waals surface area contributed by atoms with E-state index in [1.165, 1.54) is 0 Å². The van der Waals surface area contributed by atoms with E-state index in [4.69, 9.17) is 27.9 Å². The first-order valence-electron chi connectivity index (χ1n) is 4.90. The van der Waals surface area contributed by atoms with Crippen LogP contribution >= 0.6 is 35.6 Å². The summed E-state index contributed by atoms with van der Waals surface area (Å²) in [5.74, 6) is 0.707. The number of halogens is 3. The average molecular weight is 285 g/mol. The monoisotopic (exact) mass is 283 g/mol. The van der Waals surface area contributed by atoms with Gasteiger partial charge >= 0.3 is 0 Å². The van der Waals surface area contributed by atoms with Crippen molar-refractivity contribution in [1.82, 2.24) is 5.32 Å². The number of benzene rings is 1. The molecule has 0 atom stereocenters. The molecule has 0 aliphatic carbocycles. The molecule has 2 nitrogen and oxygen atoms in total. The van der Waals surface area contributed by atoms with E-state index in [9.17, 15) is 0 Å². The van der Waals surface area contributed by atoms with Crippen molar-refractivity contribution >= 4 is 35.6 Å². The number of nitrogens with one attached hydrogen (secondary N) is 1. The lowest BCUT2D eigenvalue weighted by molar-refractivity contribution is 0.309. The van der Waals surface area contributed by atoms with Crippen molar-refractivity contribution in [3.8, 4) is 5.75 Å². The van der Waals surface area contributed by atoms with Crippen LogP contribution in [-0.2, 0) is 0 Å². The lowest BCUT2D eigenvalue weighted by Crippen LogP contribution is -2.27. The Labute approximate surface area is 113 Å². The molecule has 1 N–H and O–H groups in total. The summed E-state index contributed by atoms with van der Waals surface area (Å²) in [5, 5.41) is 4.44. The van der Waals surface area contributed by atoms with Gasteiger partial charge < -0.3 is 10.1 Å². The fourth-order valence-electron chi connectivity index (χ4n) is 1.13. The second-order valence-corrected chi connectivity index (χ2v) is 4.44. The molecule has 0 saturated heterocycles. The van der Waals surface area contributed by atoms with Gasteiger partial charge in [0.2, 0.25) is 0 Å². The maximum atomic E-state index is 5.83. The lowest BCUT2D eigenvalue weighted by Gasteiger charge is -2.10. The molecule has 1 aromatic carbocycles. The van der Waals surface area contributed by atoms with Crippen LogP contribution < -0.4 is 10.1 Å². The van der Waals surface area contributed by atoms with Crippen molar-refractivity contribution in [3.63, 3.8) is 0 Å². The first-order chi connectivity index (χ1) is 7.08. The normalized spacial score (nSPS) is 10.1. The molecule has 0 fully saturated rings. The van der Waals surface area contributed by atoms with Crippen molar-refractivity contribution < 1.29 is 4.74 Å². The summed E-state index contributed by atoms with van der Waals surface area (Å²) >= 11 is 11.7. The second-order valence-electron chi connectivity index (χ2n) is 3.56. The van der Waals surface area contributed by atoms with Crippen LogP contribution in [-0.4, -0.2) is 19.2 Å². The first-order valence-corrected chi connectivity index (χ1v) is 5.66. The molecule has 1 rings (SSSR count). The fraction of sp³-hybridized carbons (Fsp3) is 0.455. The Hall–Kier alpha value is -0.150. The van der Waals surface area contributed by atoms with Gasteiger partial charge in [-0.3, -0.25) is 0 Å². The number of hydrogen-bond acceptors (Lipinski definition) is 2. The maximum Gasteiger partial charge on any atom is 0.122 e. The standard InChI is InChI=1S/C11H15Cl2NO.ClH/c1-8(2)14-3-4-15-11-6-9(12)5-10(13)7-11;/h5-8,14H,3-4H2,1-2H3;1H. The molecule has 0 aliphatic rings. The van der Waals surface area contributed by atoms with E-state index in [0.717, 1.165) is 6.54 Å². The van der Waals surface area contributed by atoms with Gasteiger partial charge in [-0.15, -0.1) is 12.4 Å². The highest BCUT2D eigenvalue weighted by atomic mass is 35.5. The van der Waals surface area contributed by atoms with Gasteiger partial charge in [0, 0.05) is 22.6 Å². The minimum absolute atomic E-state index is 0. The van der Waals surface area contributed by atoms with Crippen LogP contribution in [0.15, 0.2) is 18.2 Å². The molecule has 0 radical (unpaired) electrons. The van der Waals surface area contributed by atoms with E-state index in [1.807, 2.05) is 0 Å². The predicted molar refractivity (Wildman–Crippen MR) is 72.3 cm³/mol. The number of ether oxygens (including phenoxy) is 1. The molecule has 0 unspecified atom stereocenters. The number of hydrogen-bond donors (Lipinski definition) is 1. The zero-order valence-electron chi connectivity index (χ0n) is 9.30. The molecule has 16 heavy (non-hydrogen) atoms. The SMILES string of the molecule is CC(C)NCCOc1cc(Cl)cc(Cl)c1.Cl. The fourth-order valence-corrected chi connectivity index (χ4v) is 1.63. The summed E-state index contributed by atoms with van der Waals surface area (Å²) in [5.41, 5.74) is 0. The van der Waals surface area contributed by atoms with Gasteiger partial charge in [-0.2, -0.15) is 0 Å². The van der Waals surface area contributed by atoms with E-state index >= 15 is 0 Å². The molecule has 0 amide bonds. The third-order valence-electron chi connectivity index (χ3n) is 1.76. The topological polar surface area (TPSA) is 21.3 Å². The first kappa shape index (κ1) is 15.9. The molecule has 0 bridgehead atoms. The third kappa shape index (κ3) is 6.44. The van der Waals surface area contributed by atoms with Crippen LogP contribution in [0.25, 0.3) is 0 Å². The summed E-state index contributed by atoms with van der Waals surface area (Å²) < 4.78 is 5.49. The Bertz CT molecular complexity index is 298. The molecule has 1 aromatic rings. The smallest absolute Gasteiger partial charge is 0.122 e. The zero-order chi connectivity index (χ0) is 11.3. The van der Waals surface area contributed by atoms with Crippen molar-refractivity contribution in [2.45, 2.75) is 19.9 Å². The van der Waals surface area contributed by atoms with Crippen LogP contribution in [0.3, 0.4) is 0 Å². The van der Waals surface area contributed by atoms with Gasteiger partial charge in [0.25, 0.3) is 0 Å². The molecule has 0 aliphatic heterocycles. The van der Waals surface area contributed by atoms with Crippen molar-refractivity contribution in [2.75, 3.05) is 13.2 Å². The summed E-state index contributed by atoms with van der Waals surface area (Å²) in [6.45, 7) is 5.60. The van der Waals surface area contributed by atoms with Crippen LogP contribution in [0.2, 0.25) is 10.0 Å². The van der Waals surface area contributed by atoms with E-state index < -0.39 is 0 Å². The highest BCUT2D eigenvalue weighted by Crippen LogP contribution is 2.23. The molecule has 5 heteroatoms. The van der Waals surface area contributed by atoms with Crippen molar-refractivity contribution in [1.29, 1.82) is 0 Å². The molecule has 0 heterocycles. The minimum atomic E-state index is 0. The van der Waals surface area contributed by atoms with Crippen LogP contribution in [0.4, 0.5) is 0 Å². The van der Waals surface area contributed by atoms with E-state index in [-0.39, 0.29) is 12.4 Å². The zero-order valence-corrected chi connectivity index (χ0v) is 11.6. The van der Waals surface area contributed by atoms with E-state index in [2.05, 4.69) is 19.2 Å². The number of rotatable bonds is 5. The molecule has 0 spiro atoms. The highest BCUT2D eigenvalue weighted by Gasteiger charge is 1.99.